The van der Waals surface area contributed by atoms with E-state index in [-0.39, 0.29) is 11.8 Å². The lowest BCUT2D eigenvalue weighted by atomic mass is 10.1. The number of carbonyl (C=O) groups is 1. The van der Waals surface area contributed by atoms with Gasteiger partial charge in [0.15, 0.2) is 5.13 Å². The maximum Gasteiger partial charge on any atom is 0.269 e. The highest BCUT2D eigenvalue weighted by Gasteiger charge is 2.22. The molecule has 1 amide bonds. The van der Waals surface area contributed by atoms with E-state index in [1.165, 1.54) is 22.6 Å². The second-order valence-electron chi connectivity index (χ2n) is 5.30. The number of hydrogen-bond donors (Lipinski definition) is 1. The first-order chi connectivity index (χ1) is 9.54. The molecule has 1 N–H and O–H groups in total. The summed E-state index contributed by atoms with van der Waals surface area (Å²) in [5, 5.41) is 4.59. The Hall–Kier alpha value is -1.27. The minimum Gasteiger partial charge on any atom is -0.297 e. The molecule has 0 fully saturated rings. The molecule has 2 heterocycles. The van der Waals surface area contributed by atoms with Crippen LogP contribution in [0.4, 0.5) is 5.13 Å². The van der Waals surface area contributed by atoms with Crippen LogP contribution < -0.4 is 5.32 Å². The average molecular weight is 307 g/mol. The molecule has 0 bridgehead atoms. The summed E-state index contributed by atoms with van der Waals surface area (Å²) in [6.07, 6.45) is 3.33. The van der Waals surface area contributed by atoms with E-state index in [0.717, 1.165) is 34.4 Å². The van der Waals surface area contributed by atoms with Crippen LogP contribution in [0.1, 0.15) is 57.1 Å². The first-order valence-electron chi connectivity index (χ1n) is 6.82. The van der Waals surface area contributed by atoms with Crippen LogP contribution in [0, 0.1) is 6.92 Å². The largest absolute Gasteiger partial charge is 0.297 e. The normalized spacial score (nSPS) is 13.8. The molecule has 6 heteroatoms. The van der Waals surface area contributed by atoms with Gasteiger partial charge in [-0.05, 0) is 32.1 Å². The molecule has 1 aliphatic carbocycles. The minimum atomic E-state index is -0.0771. The highest BCUT2D eigenvalue weighted by Crippen LogP contribution is 2.31. The summed E-state index contributed by atoms with van der Waals surface area (Å²) in [6, 6.07) is 0. The topological polar surface area (TPSA) is 54.9 Å². The Morgan fingerprint density at radius 2 is 2.05 bits per heavy atom. The predicted octanol–water partition coefficient (Wildman–Crippen LogP) is 3.77. The summed E-state index contributed by atoms with van der Waals surface area (Å²) in [5.74, 6) is 0.175. The van der Waals surface area contributed by atoms with Crippen LogP contribution in [0.15, 0.2) is 0 Å². The number of anilines is 1. The van der Waals surface area contributed by atoms with Gasteiger partial charge in [0.2, 0.25) is 0 Å². The SMILES string of the molecule is Cc1nc(C(C)C)c(C(=O)Nc2nc3c(s2)CCC3)s1. The third kappa shape index (κ3) is 2.50. The molecule has 4 nitrogen and oxygen atoms in total. The zero-order valence-electron chi connectivity index (χ0n) is 11.8. The van der Waals surface area contributed by atoms with Gasteiger partial charge in [-0.1, -0.05) is 13.8 Å². The van der Waals surface area contributed by atoms with E-state index in [0.29, 0.717) is 4.88 Å². The van der Waals surface area contributed by atoms with Crippen molar-refractivity contribution >= 4 is 33.7 Å². The summed E-state index contributed by atoms with van der Waals surface area (Å²) >= 11 is 3.06. The Bertz CT molecular complexity index is 636. The van der Waals surface area contributed by atoms with Gasteiger partial charge in [0, 0.05) is 4.88 Å². The van der Waals surface area contributed by atoms with Crippen LogP contribution in [0.3, 0.4) is 0 Å². The molecule has 0 unspecified atom stereocenters. The van der Waals surface area contributed by atoms with Crippen LogP contribution >= 0.6 is 22.7 Å². The fourth-order valence-electron chi connectivity index (χ4n) is 2.39. The number of aromatic nitrogens is 2. The number of aryl methyl sites for hydroxylation is 3. The zero-order valence-corrected chi connectivity index (χ0v) is 13.5. The summed E-state index contributed by atoms with van der Waals surface area (Å²) in [4.78, 5) is 23.4. The highest BCUT2D eigenvalue weighted by atomic mass is 32.1. The molecule has 0 radical (unpaired) electrons. The van der Waals surface area contributed by atoms with Gasteiger partial charge in [-0.25, -0.2) is 9.97 Å². The molecule has 0 aliphatic heterocycles. The number of rotatable bonds is 3. The number of hydrogen-bond acceptors (Lipinski definition) is 5. The van der Waals surface area contributed by atoms with Crippen molar-refractivity contribution in [3.05, 3.63) is 26.1 Å². The van der Waals surface area contributed by atoms with Crippen molar-refractivity contribution < 1.29 is 4.79 Å². The maximum absolute atomic E-state index is 12.4. The molecular weight excluding hydrogens is 290 g/mol. The number of thiazole rings is 2. The fraction of sp³-hybridized carbons (Fsp3) is 0.500. The molecule has 0 aromatic carbocycles. The Labute approximate surface area is 126 Å². The van der Waals surface area contributed by atoms with Crippen molar-refractivity contribution in [3.8, 4) is 0 Å². The molecular formula is C14H17N3OS2. The lowest BCUT2D eigenvalue weighted by molar-refractivity contribution is 0.102. The van der Waals surface area contributed by atoms with Crippen molar-refractivity contribution in [1.29, 1.82) is 0 Å². The monoisotopic (exact) mass is 307 g/mol. The molecule has 0 spiro atoms. The smallest absolute Gasteiger partial charge is 0.269 e. The molecule has 3 rings (SSSR count). The molecule has 106 valence electrons. The van der Waals surface area contributed by atoms with Crippen LogP contribution in [-0.4, -0.2) is 15.9 Å². The fourth-order valence-corrected chi connectivity index (χ4v) is 4.41. The van der Waals surface area contributed by atoms with Gasteiger partial charge < -0.3 is 0 Å². The second kappa shape index (κ2) is 5.26. The van der Waals surface area contributed by atoms with Crippen molar-refractivity contribution in [3.63, 3.8) is 0 Å². The van der Waals surface area contributed by atoms with Crippen LogP contribution in [-0.2, 0) is 12.8 Å². The van der Waals surface area contributed by atoms with E-state index in [1.54, 1.807) is 11.3 Å². The first-order valence-corrected chi connectivity index (χ1v) is 8.45. The van der Waals surface area contributed by atoms with Crippen molar-refractivity contribution in [2.75, 3.05) is 5.32 Å². The Balaban J connectivity index is 1.82. The third-order valence-electron chi connectivity index (χ3n) is 3.33. The second-order valence-corrected chi connectivity index (χ2v) is 7.59. The molecule has 20 heavy (non-hydrogen) atoms. The summed E-state index contributed by atoms with van der Waals surface area (Å²) in [6.45, 7) is 6.05. The zero-order chi connectivity index (χ0) is 14.3. The van der Waals surface area contributed by atoms with E-state index in [9.17, 15) is 4.79 Å². The maximum atomic E-state index is 12.4. The quantitative estimate of drug-likeness (QED) is 0.939. The van der Waals surface area contributed by atoms with Gasteiger partial charge >= 0.3 is 0 Å². The summed E-state index contributed by atoms with van der Waals surface area (Å²) in [5.41, 5.74) is 2.05. The van der Waals surface area contributed by atoms with Gasteiger partial charge in [-0.3, -0.25) is 10.1 Å². The van der Waals surface area contributed by atoms with Gasteiger partial charge in [-0.15, -0.1) is 22.7 Å². The van der Waals surface area contributed by atoms with Crippen molar-refractivity contribution in [1.82, 2.24) is 9.97 Å². The van der Waals surface area contributed by atoms with Crippen molar-refractivity contribution in [2.24, 2.45) is 0 Å². The summed E-state index contributed by atoms with van der Waals surface area (Å²) < 4.78 is 0. The van der Waals surface area contributed by atoms with Gasteiger partial charge in [0.05, 0.1) is 16.4 Å². The molecule has 0 saturated heterocycles. The molecule has 0 saturated carbocycles. The number of carbonyl (C=O) groups excluding carboxylic acids is 1. The first kappa shape index (κ1) is 13.7. The standard InChI is InChI=1S/C14H17N3OS2/c1-7(2)11-12(19-8(3)15-11)13(18)17-14-16-9-5-4-6-10(9)20-14/h7H,4-6H2,1-3H3,(H,16,17,18). The van der Waals surface area contributed by atoms with Gasteiger partial charge in [0.1, 0.15) is 4.88 Å². The highest BCUT2D eigenvalue weighted by molar-refractivity contribution is 7.16. The number of nitrogens with zero attached hydrogens (tertiary/aromatic N) is 2. The molecule has 2 aromatic heterocycles. The predicted molar refractivity (Wildman–Crippen MR) is 83.0 cm³/mol. The average Bonchev–Trinajstić information content (AvgIpc) is 3.02. The number of nitrogens with one attached hydrogen (secondary N) is 1. The van der Waals surface area contributed by atoms with E-state index >= 15 is 0 Å². The van der Waals surface area contributed by atoms with E-state index in [2.05, 4.69) is 29.1 Å². The van der Waals surface area contributed by atoms with Gasteiger partial charge in [0.25, 0.3) is 5.91 Å². The minimum absolute atomic E-state index is 0.0771. The Morgan fingerprint density at radius 3 is 2.75 bits per heavy atom. The summed E-state index contributed by atoms with van der Waals surface area (Å²) in [7, 11) is 0. The molecule has 0 atom stereocenters. The number of fused-ring (bicyclic) bond motifs is 1. The van der Waals surface area contributed by atoms with Crippen LogP contribution in [0.5, 0.6) is 0 Å². The van der Waals surface area contributed by atoms with E-state index in [4.69, 9.17) is 0 Å². The van der Waals surface area contributed by atoms with E-state index < -0.39 is 0 Å². The lowest BCUT2D eigenvalue weighted by Gasteiger charge is -2.04. The Morgan fingerprint density at radius 1 is 1.25 bits per heavy atom. The third-order valence-corrected chi connectivity index (χ3v) is 5.39. The number of amides is 1. The van der Waals surface area contributed by atoms with Crippen molar-refractivity contribution in [2.45, 2.75) is 46.0 Å². The van der Waals surface area contributed by atoms with Crippen LogP contribution in [0.25, 0.3) is 0 Å². The lowest BCUT2D eigenvalue weighted by Crippen LogP contribution is -2.13. The van der Waals surface area contributed by atoms with E-state index in [1.807, 2.05) is 6.92 Å². The Kier molecular flexibility index (Phi) is 3.60. The van der Waals surface area contributed by atoms with Gasteiger partial charge in [-0.2, -0.15) is 0 Å². The molecule has 1 aliphatic rings. The molecule has 2 aromatic rings. The van der Waals surface area contributed by atoms with Crippen LogP contribution in [0.2, 0.25) is 0 Å².